The molecule has 1 aromatic heterocycles. The molecule has 4 aromatic rings. The maximum absolute atomic E-state index is 5.99. The number of aromatic nitrogens is 1. The second-order valence-corrected chi connectivity index (χ2v) is 5.87. The van der Waals surface area contributed by atoms with Gasteiger partial charge in [-0.15, -0.1) is 0 Å². The molecule has 3 aromatic carbocycles. The van der Waals surface area contributed by atoms with E-state index in [9.17, 15) is 0 Å². The Kier molecular flexibility index (Phi) is 3.69. The standard InChI is InChI=1S/C21H20N2O/c1-3-23(4-2)17-12-9-16(10-13-17)21-22-20-18-8-6-5-7-15(18)11-14-19(20)24-21/h5-14H,3-4H2,1-2H3. The van der Waals surface area contributed by atoms with Crippen LogP contribution >= 0.6 is 0 Å². The quantitative estimate of drug-likeness (QED) is 0.498. The van der Waals surface area contributed by atoms with Gasteiger partial charge >= 0.3 is 0 Å². The minimum absolute atomic E-state index is 0.674. The zero-order valence-corrected chi connectivity index (χ0v) is 14.0. The molecule has 3 nitrogen and oxygen atoms in total. The molecular formula is C21H20N2O. The van der Waals surface area contributed by atoms with E-state index in [4.69, 9.17) is 9.40 Å². The molecule has 0 bridgehead atoms. The summed E-state index contributed by atoms with van der Waals surface area (Å²) in [4.78, 5) is 7.07. The smallest absolute Gasteiger partial charge is 0.227 e. The number of benzene rings is 3. The van der Waals surface area contributed by atoms with Gasteiger partial charge in [-0.25, -0.2) is 4.98 Å². The van der Waals surface area contributed by atoms with Gasteiger partial charge in [0.05, 0.1) is 0 Å². The molecule has 4 rings (SSSR count). The van der Waals surface area contributed by atoms with Crippen LogP contribution in [0.5, 0.6) is 0 Å². The van der Waals surface area contributed by atoms with Gasteiger partial charge in [0, 0.05) is 29.7 Å². The number of hydrogen-bond acceptors (Lipinski definition) is 3. The Balaban J connectivity index is 1.78. The molecule has 0 unspecified atom stereocenters. The van der Waals surface area contributed by atoms with Crippen LogP contribution in [0.1, 0.15) is 13.8 Å². The second-order valence-electron chi connectivity index (χ2n) is 5.87. The third-order valence-electron chi connectivity index (χ3n) is 4.53. The molecule has 3 heteroatoms. The van der Waals surface area contributed by atoms with Gasteiger partial charge in [-0.3, -0.25) is 0 Å². The summed E-state index contributed by atoms with van der Waals surface area (Å²) in [6, 6.07) is 20.8. The molecular weight excluding hydrogens is 296 g/mol. The maximum atomic E-state index is 5.99. The molecule has 0 saturated heterocycles. The topological polar surface area (TPSA) is 29.3 Å². The van der Waals surface area contributed by atoms with Crippen molar-refractivity contribution in [2.45, 2.75) is 13.8 Å². The predicted molar refractivity (Wildman–Crippen MR) is 101 cm³/mol. The number of nitrogens with zero attached hydrogens (tertiary/aromatic N) is 2. The number of oxazole rings is 1. The Morgan fingerprint density at radius 2 is 1.62 bits per heavy atom. The molecule has 0 aliphatic carbocycles. The highest BCUT2D eigenvalue weighted by atomic mass is 16.3. The molecule has 0 atom stereocenters. The summed E-state index contributed by atoms with van der Waals surface area (Å²) in [5.41, 5.74) is 3.99. The summed E-state index contributed by atoms with van der Waals surface area (Å²) >= 11 is 0. The first-order chi connectivity index (χ1) is 11.8. The van der Waals surface area contributed by atoms with Crippen LogP contribution in [-0.2, 0) is 0 Å². The lowest BCUT2D eigenvalue weighted by Gasteiger charge is -2.20. The second kappa shape index (κ2) is 6.00. The van der Waals surface area contributed by atoms with Crippen molar-refractivity contribution in [1.82, 2.24) is 4.98 Å². The van der Waals surface area contributed by atoms with Crippen LogP contribution in [0.15, 0.2) is 65.1 Å². The van der Waals surface area contributed by atoms with E-state index >= 15 is 0 Å². The van der Waals surface area contributed by atoms with Crippen molar-refractivity contribution >= 4 is 27.6 Å². The van der Waals surface area contributed by atoms with Crippen molar-refractivity contribution in [2.75, 3.05) is 18.0 Å². The van der Waals surface area contributed by atoms with Crippen LogP contribution < -0.4 is 4.90 Å². The van der Waals surface area contributed by atoms with Gasteiger partial charge in [-0.05, 0) is 49.6 Å². The number of fused-ring (bicyclic) bond motifs is 3. The Labute approximate surface area is 141 Å². The van der Waals surface area contributed by atoms with Crippen LogP contribution in [0.25, 0.3) is 33.3 Å². The lowest BCUT2D eigenvalue weighted by Crippen LogP contribution is -2.21. The molecule has 0 radical (unpaired) electrons. The first-order valence-corrected chi connectivity index (χ1v) is 8.44. The summed E-state index contributed by atoms with van der Waals surface area (Å²) in [6.07, 6.45) is 0. The average Bonchev–Trinajstić information content (AvgIpc) is 3.08. The van der Waals surface area contributed by atoms with Crippen molar-refractivity contribution in [3.8, 4) is 11.5 Å². The maximum Gasteiger partial charge on any atom is 0.227 e. The van der Waals surface area contributed by atoms with Crippen molar-refractivity contribution < 1.29 is 4.42 Å². The molecule has 0 fully saturated rings. The highest BCUT2D eigenvalue weighted by Crippen LogP contribution is 2.30. The van der Waals surface area contributed by atoms with Gasteiger partial charge in [0.25, 0.3) is 0 Å². The Morgan fingerprint density at radius 1 is 0.875 bits per heavy atom. The molecule has 0 aliphatic heterocycles. The van der Waals surface area contributed by atoms with E-state index in [0.29, 0.717) is 5.89 Å². The minimum Gasteiger partial charge on any atom is -0.436 e. The molecule has 0 saturated carbocycles. The summed E-state index contributed by atoms with van der Waals surface area (Å²) in [5.74, 6) is 0.674. The third-order valence-corrected chi connectivity index (χ3v) is 4.53. The monoisotopic (exact) mass is 316 g/mol. The molecule has 0 N–H and O–H groups in total. The van der Waals surface area contributed by atoms with E-state index < -0.39 is 0 Å². The molecule has 1 heterocycles. The highest BCUT2D eigenvalue weighted by molar-refractivity contribution is 6.03. The highest BCUT2D eigenvalue weighted by Gasteiger charge is 2.11. The van der Waals surface area contributed by atoms with Crippen LogP contribution in [0, 0.1) is 0 Å². The van der Waals surface area contributed by atoms with E-state index in [-0.39, 0.29) is 0 Å². The zero-order chi connectivity index (χ0) is 16.5. The summed E-state index contributed by atoms with van der Waals surface area (Å²) in [7, 11) is 0. The fraction of sp³-hybridized carbons (Fsp3) is 0.190. The summed E-state index contributed by atoms with van der Waals surface area (Å²) in [6.45, 7) is 6.35. The largest absolute Gasteiger partial charge is 0.436 e. The van der Waals surface area contributed by atoms with Crippen molar-refractivity contribution in [3.63, 3.8) is 0 Å². The van der Waals surface area contributed by atoms with Gasteiger partial charge in [-0.2, -0.15) is 0 Å². The first kappa shape index (κ1) is 14.8. The van der Waals surface area contributed by atoms with Gasteiger partial charge in [0.1, 0.15) is 5.52 Å². The molecule has 0 spiro atoms. The number of anilines is 1. The van der Waals surface area contributed by atoms with E-state index in [2.05, 4.69) is 61.2 Å². The van der Waals surface area contributed by atoms with Gasteiger partial charge in [0.15, 0.2) is 5.58 Å². The lowest BCUT2D eigenvalue weighted by molar-refractivity contribution is 0.620. The summed E-state index contributed by atoms with van der Waals surface area (Å²) < 4.78 is 5.99. The van der Waals surface area contributed by atoms with E-state index in [1.165, 1.54) is 11.1 Å². The SMILES string of the molecule is CCN(CC)c1ccc(-c2nc3c(ccc4ccccc43)o2)cc1. The average molecular weight is 316 g/mol. The molecule has 120 valence electrons. The minimum atomic E-state index is 0.674. The van der Waals surface area contributed by atoms with Crippen LogP contribution in [-0.4, -0.2) is 18.1 Å². The van der Waals surface area contributed by atoms with Crippen LogP contribution in [0.3, 0.4) is 0 Å². The third kappa shape index (κ3) is 2.42. The normalized spacial score (nSPS) is 11.2. The van der Waals surface area contributed by atoms with E-state index in [1.807, 2.05) is 18.2 Å². The van der Waals surface area contributed by atoms with Crippen molar-refractivity contribution in [2.24, 2.45) is 0 Å². The molecule has 24 heavy (non-hydrogen) atoms. The Bertz CT molecular complexity index is 982. The first-order valence-electron chi connectivity index (χ1n) is 8.44. The number of hydrogen-bond donors (Lipinski definition) is 0. The van der Waals surface area contributed by atoms with Gasteiger partial charge < -0.3 is 9.32 Å². The van der Waals surface area contributed by atoms with Crippen LogP contribution in [0.2, 0.25) is 0 Å². The fourth-order valence-corrected chi connectivity index (χ4v) is 3.19. The Morgan fingerprint density at radius 3 is 2.38 bits per heavy atom. The predicted octanol–water partition coefficient (Wildman–Crippen LogP) is 5.49. The van der Waals surface area contributed by atoms with E-state index in [1.54, 1.807) is 0 Å². The molecule has 0 amide bonds. The van der Waals surface area contributed by atoms with Gasteiger partial charge in [0.2, 0.25) is 5.89 Å². The Hall–Kier alpha value is -2.81. The zero-order valence-electron chi connectivity index (χ0n) is 14.0. The lowest BCUT2D eigenvalue weighted by atomic mass is 10.1. The van der Waals surface area contributed by atoms with E-state index in [0.717, 1.165) is 35.1 Å². The fourth-order valence-electron chi connectivity index (χ4n) is 3.19. The number of rotatable bonds is 4. The summed E-state index contributed by atoms with van der Waals surface area (Å²) in [5, 5.41) is 2.31. The van der Waals surface area contributed by atoms with Crippen molar-refractivity contribution in [1.29, 1.82) is 0 Å². The van der Waals surface area contributed by atoms with Gasteiger partial charge in [-0.1, -0.05) is 30.3 Å². The van der Waals surface area contributed by atoms with Crippen LogP contribution in [0.4, 0.5) is 5.69 Å². The molecule has 0 aliphatic rings. The van der Waals surface area contributed by atoms with Crippen molar-refractivity contribution in [3.05, 3.63) is 60.7 Å².